The molecule has 0 radical (unpaired) electrons. The fraction of sp³-hybridized carbons (Fsp3) is 0.611. The van der Waals surface area contributed by atoms with E-state index >= 15 is 0 Å². The zero-order valence-electron chi connectivity index (χ0n) is 13.5. The minimum atomic E-state index is -0.530. The number of nitrogens with one attached hydrogen (secondary N) is 1. The molecule has 0 saturated carbocycles. The first kappa shape index (κ1) is 16.4. The van der Waals surface area contributed by atoms with Gasteiger partial charge in [-0.25, -0.2) is 4.39 Å². The minimum Gasteiger partial charge on any atom is -0.376 e. The summed E-state index contributed by atoms with van der Waals surface area (Å²) in [7, 11) is 0. The average Bonchev–Trinajstić information content (AvgIpc) is 2.98. The van der Waals surface area contributed by atoms with Crippen molar-refractivity contribution in [2.24, 2.45) is 0 Å². The number of halogens is 1. The van der Waals surface area contributed by atoms with Crippen LogP contribution in [0, 0.1) is 5.82 Å². The molecule has 1 aliphatic carbocycles. The lowest BCUT2D eigenvalue weighted by Gasteiger charge is -2.24. The van der Waals surface area contributed by atoms with Crippen LogP contribution in [0.3, 0.4) is 0 Å². The van der Waals surface area contributed by atoms with E-state index in [-0.39, 0.29) is 23.9 Å². The minimum absolute atomic E-state index is 0.0975. The molecule has 1 aromatic rings. The summed E-state index contributed by atoms with van der Waals surface area (Å²) in [6.07, 6.45) is 4.21. The lowest BCUT2D eigenvalue weighted by Crippen LogP contribution is -2.38. The maximum atomic E-state index is 13.7. The maximum Gasteiger partial charge on any atom is 0.249 e. The van der Waals surface area contributed by atoms with Crippen molar-refractivity contribution in [1.82, 2.24) is 5.32 Å². The highest BCUT2D eigenvalue weighted by molar-refractivity contribution is 5.81. The van der Waals surface area contributed by atoms with Crippen molar-refractivity contribution in [2.75, 3.05) is 13.2 Å². The van der Waals surface area contributed by atoms with Crippen molar-refractivity contribution < 1.29 is 18.7 Å². The standard InChI is InChI=1S/C18H24FNO3/c1-12(23-11-13-5-2-3-10-22-13)18(21)20-17-9-8-14-15(17)6-4-7-16(14)19/h4,6-7,12-13,17H,2-3,5,8-11H2,1H3,(H,20,21)/t12-,13-,17+/m0/s1. The van der Waals surface area contributed by atoms with Gasteiger partial charge in [-0.2, -0.15) is 0 Å². The first-order valence-electron chi connectivity index (χ1n) is 8.46. The Bertz CT molecular complexity index is 557. The molecule has 0 bridgehead atoms. The molecule has 0 unspecified atom stereocenters. The van der Waals surface area contributed by atoms with Gasteiger partial charge in [0, 0.05) is 6.61 Å². The Hall–Kier alpha value is -1.46. The highest BCUT2D eigenvalue weighted by Crippen LogP contribution is 2.32. The SMILES string of the molecule is C[C@H](OC[C@@H]1CCCCO1)C(=O)N[C@@H]1CCc2c(F)cccc21. The molecule has 1 heterocycles. The van der Waals surface area contributed by atoms with Crippen LogP contribution in [-0.2, 0) is 20.7 Å². The molecule has 1 aliphatic heterocycles. The van der Waals surface area contributed by atoms with Gasteiger partial charge in [0.1, 0.15) is 11.9 Å². The molecule has 1 saturated heterocycles. The molecule has 126 valence electrons. The van der Waals surface area contributed by atoms with E-state index in [0.717, 1.165) is 43.4 Å². The third-order valence-corrected chi connectivity index (χ3v) is 4.71. The fourth-order valence-corrected chi connectivity index (χ4v) is 3.31. The summed E-state index contributed by atoms with van der Waals surface area (Å²) < 4.78 is 25.0. The molecule has 1 aromatic carbocycles. The molecule has 3 atom stereocenters. The largest absolute Gasteiger partial charge is 0.376 e. The van der Waals surface area contributed by atoms with Crippen LogP contribution in [0.4, 0.5) is 4.39 Å². The van der Waals surface area contributed by atoms with E-state index < -0.39 is 6.10 Å². The topological polar surface area (TPSA) is 47.6 Å². The van der Waals surface area contributed by atoms with Crippen LogP contribution in [0.25, 0.3) is 0 Å². The third-order valence-electron chi connectivity index (χ3n) is 4.71. The Morgan fingerprint density at radius 1 is 1.43 bits per heavy atom. The van der Waals surface area contributed by atoms with Gasteiger partial charge in [0.15, 0.2) is 0 Å². The zero-order chi connectivity index (χ0) is 16.2. The lowest BCUT2D eigenvalue weighted by atomic mass is 10.1. The van der Waals surface area contributed by atoms with E-state index in [0.29, 0.717) is 13.0 Å². The van der Waals surface area contributed by atoms with Crippen LogP contribution >= 0.6 is 0 Å². The van der Waals surface area contributed by atoms with Gasteiger partial charge in [-0.1, -0.05) is 12.1 Å². The van der Waals surface area contributed by atoms with Crippen LogP contribution in [0.15, 0.2) is 18.2 Å². The molecular weight excluding hydrogens is 297 g/mol. The number of ether oxygens (including phenoxy) is 2. The molecule has 5 heteroatoms. The Morgan fingerprint density at radius 2 is 2.30 bits per heavy atom. The summed E-state index contributed by atoms with van der Waals surface area (Å²) in [6.45, 7) is 2.98. The van der Waals surface area contributed by atoms with Crippen molar-refractivity contribution in [3.8, 4) is 0 Å². The van der Waals surface area contributed by atoms with E-state index in [1.807, 2.05) is 6.07 Å². The van der Waals surface area contributed by atoms with Gasteiger partial charge in [0.25, 0.3) is 0 Å². The maximum absolute atomic E-state index is 13.7. The van der Waals surface area contributed by atoms with Gasteiger partial charge in [0.2, 0.25) is 5.91 Å². The summed E-state index contributed by atoms with van der Waals surface area (Å²) in [5.74, 6) is -0.332. The molecule has 3 rings (SSSR count). The van der Waals surface area contributed by atoms with E-state index in [1.54, 1.807) is 13.0 Å². The van der Waals surface area contributed by atoms with Crippen LogP contribution in [0.1, 0.15) is 49.8 Å². The first-order chi connectivity index (χ1) is 11.1. The average molecular weight is 321 g/mol. The molecule has 4 nitrogen and oxygen atoms in total. The van der Waals surface area contributed by atoms with Crippen molar-refractivity contribution >= 4 is 5.91 Å². The fourth-order valence-electron chi connectivity index (χ4n) is 3.31. The third kappa shape index (κ3) is 3.90. The van der Waals surface area contributed by atoms with Crippen LogP contribution in [-0.4, -0.2) is 31.3 Å². The van der Waals surface area contributed by atoms with Gasteiger partial charge in [-0.15, -0.1) is 0 Å². The Labute approximate surface area is 136 Å². The quantitative estimate of drug-likeness (QED) is 0.907. The van der Waals surface area contributed by atoms with Crippen LogP contribution in [0.5, 0.6) is 0 Å². The number of hydrogen-bond acceptors (Lipinski definition) is 3. The van der Waals surface area contributed by atoms with Gasteiger partial charge >= 0.3 is 0 Å². The Morgan fingerprint density at radius 3 is 3.09 bits per heavy atom. The van der Waals surface area contributed by atoms with Crippen LogP contribution in [0.2, 0.25) is 0 Å². The zero-order valence-corrected chi connectivity index (χ0v) is 13.5. The predicted octanol–water partition coefficient (Wildman–Crippen LogP) is 2.90. The number of fused-ring (bicyclic) bond motifs is 1. The lowest BCUT2D eigenvalue weighted by molar-refractivity contribution is -0.136. The second kappa shape index (κ2) is 7.41. The molecule has 1 fully saturated rings. The predicted molar refractivity (Wildman–Crippen MR) is 84.6 cm³/mol. The van der Waals surface area contributed by atoms with Gasteiger partial charge < -0.3 is 14.8 Å². The van der Waals surface area contributed by atoms with E-state index in [9.17, 15) is 9.18 Å². The monoisotopic (exact) mass is 321 g/mol. The molecule has 0 aromatic heterocycles. The van der Waals surface area contributed by atoms with Gasteiger partial charge in [-0.3, -0.25) is 4.79 Å². The van der Waals surface area contributed by atoms with Crippen molar-refractivity contribution in [3.63, 3.8) is 0 Å². The number of benzene rings is 1. The van der Waals surface area contributed by atoms with Crippen molar-refractivity contribution in [1.29, 1.82) is 0 Å². The van der Waals surface area contributed by atoms with Crippen molar-refractivity contribution in [2.45, 2.75) is 57.3 Å². The number of carbonyl (C=O) groups excluding carboxylic acids is 1. The second-order valence-corrected chi connectivity index (χ2v) is 6.37. The molecule has 23 heavy (non-hydrogen) atoms. The molecule has 1 amide bonds. The smallest absolute Gasteiger partial charge is 0.249 e. The Balaban J connectivity index is 1.50. The molecular formula is C18H24FNO3. The number of amides is 1. The number of hydrogen-bond donors (Lipinski definition) is 1. The second-order valence-electron chi connectivity index (χ2n) is 6.37. The van der Waals surface area contributed by atoms with E-state index in [4.69, 9.17) is 9.47 Å². The first-order valence-corrected chi connectivity index (χ1v) is 8.46. The molecule has 1 N–H and O–H groups in total. The summed E-state index contributed by atoms with van der Waals surface area (Å²) >= 11 is 0. The van der Waals surface area contributed by atoms with Crippen molar-refractivity contribution in [3.05, 3.63) is 35.1 Å². The highest BCUT2D eigenvalue weighted by atomic mass is 19.1. The van der Waals surface area contributed by atoms with Crippen LogP contribution < -0.4 is 5.32 Å². The summed E-state index contributed by atoms with van der Waals surface area (Å²) in [4.78, 5) is 12.3. The Kier molecular flexibility index (Phi) is 5.28. The summed E-state index contributed by atoms with van der Waals surface area (Å²) in [5, 5.41) is 2.98. The number of carbonyl (C=O) groups is 1. The van der Waals surface area contributed by atoms with E-state index in [1.165, 1.54) is 6.07 Å². The molecule has 0 spiro atoms. The van der Waals surface area contributed by atoms with E-state index in [2.05, 4.69) is 5.32 Å². The summed E-state index contributed by atoms with van der Waals surface area (Å²) in [6, 6.07) is 4.93. The van der Waals surface area contributed by atoms with Gasteiger partial charge in [-0.05, 0) is 56.2 Å². The number of rotatable bonds is 5. The summed E-state index contributed by atoms with van der Waals surface area (Å²) in [5.41, 5.74) is 1.61. The normalized spacial score (nSPS) is 25.0. The van der Waals surface area contributed by atoms with Gasteiger partial charge in [0.05, 0.1) is 18.8 Å². The molecule has 2 aliphatic rings. The highest BCUT2D eigenvalue weighted by Gasteiger charge is 2.28.